The zero-order chi connectivity index (χ0) is 16.6. The summed E-state index contributed by atoms with van der Waals surface area (Å²) in [6, 6.07) is 9.60. The van der Waals surface area contributed by atoms with Gasteiger partial charge in [-0.05, 0) is 12.1 Å². The van der Waals surface area contributed by atoms with E-state index in [-0.39, 0.29) is 24.8 Å². The monoisotopic (exact) mass is 318 g/mol. The molecular formula is C18H14N4O2. The summed E-state index contributed by atoms with van der Waals surface area (Å²) < 4.78 is 5.64. The molecule has 1 aromatic carbocycles. The Labute approximate surface area is 138 Å². The molecule has 0 bridgehead atoms. The molecule has 1 amide bonds. The molecule has 6 heteroatoms. The Morgan fingerprint density at radius 3 is 2.88 bits per heavy atom. The molecule has 6 nitrogen and oxygen atoms in total. The molecule has 0 radical (unpaired) electrons. The molecule has 0 atom stereocenters. The highest BCUT2D eigenvalue weighted by molar-refractivity contribution is 5.92. The molecule has 0 aliphatic heterocycles. The lowest BCUT2D eigenvalue weighted by Gasteiger charge is -2.05. The first-order chi connectivity index (χ1) is 11.8. The van der Waals surface area contributed by atoms with Gasteiger partial charge in [-0.1, -0.05) is 30.0 Å². The van der Waals surface area contributed by atoms with E-state index in [1.165, 1.54) is 18.6 Å². The van der Waals surface area contributed by atoms with Crippen LogP contribution in [0, 0.1) is 11.8 Å². The van der Waals surface area contributed by atoms with Crippen molar-refractivity contribution in [1.29, 1.82) is 0 Å². The van der Waals surface area contributed by atoms with Crippen molar-refractivity contribution in [3.8, 4) is 17.6 Å². The van der Waals surface area contributed by atoms with Gasteiger partial charge in [0, 0.05) is 24.0 Å². The molecule has 0 aliphatic carbocycles. The van der Waals surface area contributed by atoms with Crippen LogP contribution in [0.5, 0.6) is 5.75 Å². The highest BCUT2D eigenvalue weighted by Gasteiger charge is 2.04. The van der Waals surface area contributed by atoms with Crippen LogP contribution < -0.4 is 10.1 Å². The van der Waals surface area contributed by atoms with Crippen molar-refractivity contribution in [2.45, 2.75) is 0 Å². The second-order valence-corrected chi connectivity index (χ2v) is 4.75. The van der Waals surface area contributed by atoms with Crippen LogP contribution in [0.4, 0.5) is 0 Å². The zero-order valence-electron chi connectivity index (χ0n) is 12.8. The molecule has 0 fully saturated rings. The quantitative estimate of drug-likeness (QED) is 0.743. The predicted molar refractivity (Wildman–Crippen MR) is 89.4 cm³/mol. The van der Waals surface area contributed by atoms with Crippen LogP contribution in [-0.4, -0.2) is 34.0 Å². The summed E-state index contributed by atoms with van der Waals surface area (Å²) >= 11 is 0. The fourth-order valence-corrected chi connectivity index (χ4v) is 2.05. The Morgan fingerprint density at radius 2 is 2.00 bits per heavy atom. The molecule has 0 saturated heterocycles. The number of hydrogen-bond acceptors (Lipinski definition) is 5. The van der Waals surface area contributed by atoms with Gasteiger partial charge in [-0.15, -0.1) is 0 Å². The number of pyridine rings is 1. The molecule has 0 unspecified atom stereocenters. The minimum atomic E-state index is -0.309. The maximum Gasteiger partial charge on any atom is 0.272 e. The molecule has 0 spiro atoms. The van der Waals surface area contributed by atoms with Crippen molar-refractivity contribution in [2.75, 3.05) is 13.2 Å². The topological polar surface area (TPSA) is 77.0 Å². The lowest BCUT2D eigenvalue weighted by Crippen LogP contribution is -2.24. The number of carbonyl (C=O) groups excluding carboxylic acids is 1. The molecule has 2 heterocycles. The van der Waals surface area contributed by atoms with Crippen LogP contribution in [0.2, 0.25) is 0 Å². The number of ether oxygens (including phenoxy) is 1. The van der Waals surface area contributed by atoms with Crippen molar-refractivity contribution in [1.82, 2.24) is 20.3 Å². The van der Waals surface area contributed by atoms with E-state index in [9.17, 15) is 4.79 Å². The zero-order valence-corrected chi connectivity index (χ0v) is 12.8. The van der Waals surface area contributed by atoms with Gasteiger partial charge in [0.2, 0.25) is 0 Å². The van der Waals surface area contributed by atoms with Gasteiger partial charge < -0.3 is 10.1 Å². The fraction of sp³-hybridized carbons (Fsp3) is 0.111. The van der Waals surface area contributed by atoms with E-state index in [0.29, 0.717) is 5.75 Å². The molecule has 3 aromatic rings. The maximum atomic E-state index is 11.7. The van der Waals surface area contributed by atoms with Gasteiger partial charge >= 0.3 is 0 Å². The number of amides is 1. The van der Waals surface area contributed by atoms with Gasteiger partial charge in [-0.3, -0.25) is 14.8 Å². The third-order valence-corrected chi connectivity index (χ3v) is 3.15. The number of para-hydroxylation sites is 1. The van der Waals surface area contributed by atoms with Crippen molar-refractivity contribution >= 4 is 16.8 Å². The summed E-state index contributed by atoms with van der Waals surface area (Å²) in [6.07, 6.45) is 6.10. The van der Waals surface area contributed by atoms with Gasteiger partial charge in [0.05, 0.1) is 12.7 Å². The Morgan fingerprint density at radius 1 is 1.08 bits per heavy atom. The largest absolute Gasteiger partial charge is 0.479 e. The first-order valence-corrected chi connectivity index (χ1v) is 7.31. The van der Waals surface area contributed by atoms with Crippen LogP contribution in [0.1, 0.15) is 10.5 Å². The minimum Gasteiger partial charge on any atom is -0.479 e. The Hall–Kier alpha value is -3.46. The SMILES string of the molecule is O=C(NCC#CCOc1cccc2cccnc12)c1cnccn1. The molecule has 3 rings (SSSR count). The number of nitrogens with one attached hydrogen (secondary N) is 1. The third-order valence-electron chi connectivity index (χ3n) is 3.15. The number of aromatic nitrogens is 3. The van der Waals surface area contributed by atoms with E-state index in [4.69, 9.17) is 4.74 Å². The number of nitrogens with zero attached hydrogens (tertiary/aromatic N) is 3. The van der Waals surface area contributed by atoms with E-state index in [1.54, 1.807) is 6.20 Å². The van der Waals surface area contributed by atoms with Crippen molar-refractivity contribution in [3.63, 3.8) is 0 Å². The summed E-state index contributed by atoms with van der Waals surface area (Å²) in [5, 5.41) is 3.66. The summed E-state index contributed by atoms with van der Waals surface area (Å²) in [7, 11) is 0. The maximum absolute atomic E-state index is 11.7. The Balaban J connectivity index is 1.50. The number of fused-ring (bicyclic) bond motifs is 1. The van der Waals surface area contributed by atoms with Crippen LogP contribution in [0.25, 0.3) is 10.9 Å². The molecule has 118 valence electrons. The molecule has 24 heavy (non-hydrogen) atoms. The average molecular weight is 318 g/mol. The Bertz CT molecular complexity index is 896. The average Bonchev–Trinajstić information content (AvgIpc) is 2.65. The normalized spacial score (nSPS) is 9.83. The summed E-state index contributed by atoms with van der Waals surface area (Å²) in [5.74, 6) is 6.06. The van der Waals surface area contributed by atoms with Crippen LogP contribution >= 0.6 is 0 Å². The molecular weight excluding hydrogens is 304 g/mol. The van der Waals surface area contributed by atoms with Gasteiger partial charge in [-0.2, -0.15) is 0 Å². The van der Waals surface area contributed by atoms with Crippen molar-refractivity contribution < 1.29 is 9.53 Å². The molecule has 0 aliphatic rings. The van der Waals surface area contributed by atoms with E-state index < -0.39 is 0 Å². The standard InChI is InChI=1S/C18H14N4O2/c23-18(15-13-19-10-11-20-15)22-8-1-2-12-24-16-7-3-5-14-6-4-9-21-17(14)16/h3-7,9-11,13H,8,12H2,(H,22,23). The number of benzene rings is 1. The van der Waals surface area contributed by atoms with Gasteiger partial charge in [0.1, 0.15) is 23.6 Å². The van der Waals surface area contributed by atoms with Gasteiger partial charge in [0.15, 0.2) is 0 Å². The van der Waals surface area contributed by atoms with Crippen LogP contribution in [0.15, 0.2) is 55.1 Å². The summed E-state index contributed by atoms with van der Waals surface area (Å²) in [4.78, 5) is 23.8. The van der Waals surface area contributed by atoms with E-state index in [0.717, 1.165) is 10.9 Å². The van der Waals surface area contributed by atoms with E-state index in [2.05, 4.69) is 32.1 Å². The van der Waals surface area contributed by atoms with E-state index in [1.807, 2.05) is 30.3 Å². The van der Waals surface area contributed by atoms with Crippen LogP contribution in [0.3, 0.4) is 0 Å². The summed E-state index contributed by atoms with van der Waals surface area (Å²) in [5.41, 5.74) is 1.06. The second kappa shape index (κ2) is 7.70. The third kappa shape index (κ3) is 3.84. The molecule has 2 aromatic heterocycles. The van der Waals surface area contributed by atoms with E-state index >= 15 is 0 Å². The number of carbonyl (C=O) groups is 1. The first-order valence-electron chi connectivity index (χ1n) is 7.31. The lowest BCUT2D eigenvalue weighted by atomic mass is 10.2. The molecule has 0 saturated carbocycles. The van der Waals surface area contributed by atoms with Crippen molar-refractivity contribution in [2.24, 2.45) is 0 Å². The lowest BCUT2D eigenvalue weighted by molar-refractivity contribution is 0.0953. The van der Waals surface area contributed by atoms with Crippen molar-refractivity contribution in [3.05, 3.63) is 60.8 Å². The first kappa shape index (κ1) is 15.4. The highest BCUT2D eigenvalue weighted by atomic mass is 16.5. The molecule has 1 N–H and O–H groups in total. The second-order valence-electron chi connectivity index (χ2n) is 4.75. The van der Waals surface area contributed by atoms with Gasteiger partial charge in [0.25, 0.3) is 5.91 Å². The van der Waals surface area contributed by atoms with Crippen LogP contribution in [-0.2, 0) is 0 Å². The highest BCUT2D eigenvalue weighted by Crippen LogP contribution is 2.22. The fourth-order valence-electron chi connectivity index (χ4n) is 2.05. The predicted octanol–water partition coefficient (Wildman–Crippen LogP) is 1.84. The van der Waals surface area contributed by atoms with Gasteiger partial charge in [-0.25, -0.2) is 4.98 Å². The Kier molecular flexibility index (Phi) is 4.95. The minimum absolute atomic E-state index is 0.215. The smallest absolute Gasteiger partial charge is 0.272 e. The number of hydrogen-bond donors (Lipinski definition) is 1. The number of rotatable bonds is 4. The summed E-state index contributed by atoms with van der Waals surface area (Å²) in [6.45, 7) is 0.434.